The first-order chi connectivity index (χ1) is 8.88. The molecule has 6 heteroatoms. The third-order valence-corrected chi connectivity index (χ3v) is 6.69. The van der Waals surface area contributed by atoms with Gasteiger partial charge < -0.3 is 4.90 Å². The minimum Gasteiger partial charge on any atom is -0.343 e. The third kappa shape index (κ3) is 3.11. The Morgan fingerprint density at radius 3 is 1.95 bits per heavy atom. The monoisotopic (exact) mass is 288 g/mol. The number of rotatable bonds is 2. The van der Waals surface area contributed by atoms with Crippen LogP contribution in [0.3, 0.4) is 0 Å². The van der Waals surface area contributed by atoms with E-state index in [0.717, 1.165) is 38.8 Å². The van der Waals surface area contributed by atoms with Gasteiger partial charge in [-0.1, -0.05) is 0 Å². The van der Waals surface area contributed by atoms with Gasteiger partial charge >= 0.3 is 0 Å². The van der Waals surface area contributed by atoms with Crippen molar-refractivity contribution < 1.29 is 13.2 Å². The highest BCUT2D eigenvalue weighted by molar-refractivity contribution is 7.89. The first-order valence-corrected chi connectivity index (χ1v) is 8.73. The second-order valence-electron chi connectivity index (χ2n) is 5.81. The maximum absolute atomic E-state index is 11.8. The number of carbonyl (C=O) groups excluding carboxylic acids is 1. The first-order valence-electron chi connectivity index (χ1n) is 7.12. The molecule has 2 aliphatic rings. The first kappa shape index (κ1) is 14.8. The van der Waals surface area contributed by atoms with E-state index < -0.39 is 10.0 Å². The van der Waals surface area contributed by atoms with Crippen LogP contribution in [0, 0.1) is 5.41 Å². The normalized spacial score (nSPS) is 24.6. The average molecular weight is 288 g/mol. The van der Waals surface area contributed by atoms with Crippen molar-refractivity contribution in [1.29, 1.82) is 0 Å². The van der Waals surface area contributed by atoms with Crippen LogP contribution in [0.2, 0.25) is 0 Å². The highest BCUT2D eigenvalue weighted by Crippen LogP contribution is 2.41. The Balaban J connectivity index is 1.92. The summed E-state index contributed by atoms with van der Waals surface area (Å²) < 4.78 is 25.3. The molecule has 2 rings (SSSR count). The molecule has 2 saturated heterocycles. The van der Waals surface area contributed by atoms with Crippen LogP contribution in [0.1, 0.15) is 39.5 Å². The van der Waals surface area contributed by atoms with Crippen molar-refractivity contribution in [2.24, 2.45) is 5.41 Å². The molecule has 0 unspecified atom stereocenters. The van der Waals surface area contributed by atoms with E-state index in [-0.39, 0.29) is 17.1 Å². The summed E-state index contributed by atoms with van der Waals surface area (Å²) in [5, 5.41) is 0. The second kappa shape index (κ2) is 5.40. The van der Waals surface area contributed by atoms with Gasteiger partial charge in [-0.2, -0.15) is 0 Å². The summed E-state index contributed by atoms with van der Waals surface area (Å²) in [6.07, 6.45) is 3.93. The Bertz CT molecular complexity index is 429. The summed E-state index contributed by atoms with van der Waals surface area (Å²) in [7, 11) is -3.03. The van der Waals surface area contributed by atoms with Gasteiger partial charge in [-0.3, -0.25) is 4.79 Å². The summed E-state index contributed by atoms with van der Waals surface area (Å²) in [5.74, 6) is 0.346. The summed E-state index contributed by atoms with van der Waals surface area (Å²) in [6, 6.07) is 0. The van der Waals surface area contributed by atoms with Crippen molar-refractivity contribution in [2.75, 3.05) is 31.9 Å². The summed E-state index contributed by atoms with van der Waals surface area (Å²) in [5.41, 5.74) is 0.270. The van der Waals surface area contributed by atoms with Crippen molar-refractivity contribution in [3.05, 3.63) is 0 Å². The quantitative estimate of drug-likeness (QED) is 0.763. The highest BCUT2D eigenvalue weighted by Gasteiger charge is 2.40. The molecule has 2 fully saturated rings. The number of piperidine rings is 2. The fourth-order valence-corrected chi connectivity index (χ4v) is 4.32. The molecule has 110 valence electrons. The van der Waals surface area contributed by atoms with Crippen LogP contribution in [0.25, 0.3) is 0 Å². The van der Waals surface area contributed by atoms with Gasteiger partial charge in [-0.25, -0.2) is 12.7 Å². The van der Waals surface area contributed by atoms with Crippen molar-refractivity contribution >= 4 is 15.9 Å². The molecular formula is C13H24N2O3S. The van der Waals surface area contributed by atoms with E-state index in [1.54, 1.807) is 18.2 Å². The van der Waals surface area contributed by atoms with Crippen molar-refractivity contribution in [3.8, 4) is 0 Å². The Kier molecular flexibility index (Phi) is 4.20. The molecule has 0 aromatic heterocycles. The van der Waals surface area contributed by atoms with E-state index in [0.29, 0.717) is 13.1 Å². The third-order valence-electron chi connectivity index (χ3n) is 4.81. The smallest absolute Gasteiger partial charge is 0.219 e. The van der Waals surface area contributed by atoms with E-state index in [1.807, 2.05) is 4.90 Å². The molecule has 0 atom stereocenters. The fourth-order valence-electron chi connectivity index (χ4n) is 3.22. The van der Waals surface area contributed by atoms with Crippen LogP contribution in [-0.2, 0) is 14.8 Å². The van der Waals surface area contributed by atoms with E-state index in [4.69, 9.17) is 0 Å². The number of sulfonamides is 1. The molecule has 0 radical (unpaired) electrons. The van der Waals surface area contributed by atoms with Gasteiger partial charge in [0.15, 0.2) is 0 Å². The molecule has 0 aliphatic carbocycles. The molecule has 1 amide bonds. The number of amides is 1. The van der Waals surface area contributed by atoms with Crippen LogP contribution in [0.4, 0.5) is 0 Å². The molecule has 0 bridgehead atoms. The lowest BCUT2D eigenvalue weighted by Gasteiger charge is -2.46. The molecule has 1 spiro atoms. The lowest BCUT2D eigenvalue weighted by Crippen LogP contribution is -2.49. The zero-order valence-corrected chi connectivity index (χ0v) is 12.7. The predicted molar refractivity (Wildman–Crippen MR) is 74.2 cm³/mol. The lowest BCUT2D eigenvalue weighted by molar-refractivity contribution is -0.131. The maximum atomic E-state index is 11.8. The van der Waals surface area contributed by atoms with Crippen LogP contribution < -0.4 is 0 Å². The van der Waals surface area contributed by atoms with E-state index in [2.05, 4.69) is 0 Å². The summed E-state index contributed by atoms with van der Waals surface area (Å²) >= 11 is 0. The van der Waals surface area contributed by atoms with Crippen molar-refractivity contribution in [1.82, 2.24) is 9.21 Å². The van der Waals surface area contributed by atoms with Crippen LogP contribution in [0.15, 0.2) is 0 Å². The van der Waals surface area contributed by atoms with Gasteiger partial charge in [0, 0.05) is 33.1 Å². The van der Waals surface area contributed by atoms with Gasteiger partial charge in [0.05, 0.1) is 5.75 Å². The van der Waals surface area contributed by atoms with Gasteiger partial charge in [-0.15, -0.1) is 0 Å². The summed E-state index contributed by atoms with van der Waals surface area (Å²) in [4.78, 5) is 13.2. The molecule has 19 heavy (non-hydrogen) atoms. The molecule has 0 N–H and O–H groups in total. The number of hydrogen-bond donors (Lipinski definition) is 0. The van der Waals surface area contributed by atoms with Crippen LogP contribution in [0.5, 0.6) is 0 Å². The van der Waals surface area contributed by atoms with Gasteiger partial charge in [-0.05, 0) is 38.0 Å². The largest absolute Gasteiger partial charge is 0.343 e. The average Bonchev–Trinajstić information content (AvgIpc) is 2.40. The zero-order chi connectivity index (χ0) is 14.1. The summed E-state index contributed by atoms with van der Waals surface area (Å²) in [6.45, 7) is 6.28. The van der Waals surface area contributed by atoms with Gasteiger partial charge in [0.25, 0.3) is 0 Å². The van der Waals surface area contributed by atoms with E-state index >= 15 is 0 Å². The molecule has 5 nitrogen and oxygen atoms in total. The Labute approximate surface area is 116 Å². The number of hydrogen-bond acceptors (Lipinski definition) is 3. The Morgan fingerprint density at radius 1 is 1.05 bits per heavy atom. The lowest BCUT2D eigenvalue weighted by atomic mass is 9.71. The molecule has 0 aromatic rings. The Morgan fingerprint density at radius 2 is 1.53 bits per heavy atom. The maximum Gasteiger partial charge on any atom is 0.219 e. The van der Waals surface area contributed by atoms with Crippen molar-refractivity contribution in [3.63, 3.8) is 0 Å². The van der Waals surface area contributed by atoms with Gasteiger partial charge in [0.2, 0.25) is 15.9 Å². The SMILES string of the molecule is CCS(=O)(=O)N1CCC2(CCN(C(C)=O)CC2)CC1. The minimum atomic E-state index is -3.03. The molecular weight excluding hydrogens is 264 g/mol. The molecule has 0 saturated carbocycles. The van der Waals surface area contributed by atoms with Crippen LogP contribution in [-0.4, -0.2) is 55.5 Å². The topological polar surface area (TPSA) is 57.7 Å². The van der Waals surface area contributed by atoms with E-state index in [1.165, 1.54) is 0 Å². The fraction of sp³-hybridized carbons (Fsp3) is 0.923. The Hall–Kier alpha value is -0.620. The molecule has 0 aromatic carbocycles. The second-order valence-corrected chi connectivity index (χ2v) is 8.06. The zero-order valence-electron chi connectivity index (χ0n) is 11.9. The minimum absolute atomic E-state index is 0.154. The van der Waals surface area contributed by atoms with Crippen molar-refractivity contribution in [2.45, 2.75) is 39.5 Å². The number of nitrogens with zero attached hydrogens (tertiary/aromatic N) is 2. The molecule has 2 aliphatic heterocycles. The van der Waals surface area contributed by atoms with E-state index in [9.17, 15) is 13.2 Å². The van der Waals surface area contributed by atoms with Gasteiger partial charge in [0.1, 0.15) is 0 Å². The number of carbonyl (C=O) groups is 1. The van der Waals surface area contributed by atoms with Crippen LogP contribution >= 0.6 is 0 Å². The standard InChI is InChI=1S/C13H24N2O3S/c1-3-19(17,18)15-10-6-13(7-11-15)4-8-14(9-5-13)12(2)16/h3-11H2,1-2H3. The molecule has 2 heterocycles. The number of likely N-dealkylation sites (tertiary alicyclic amines) is 1. The highest BCUT2D eigenvalue weighted by atomic mass is 32.2. The predicted octanol–water partition coefficient (Wildman–Crippen LogP) is 1.06.